The van der Waals surface area contributed by atoms with Crippen LogP contribution in [0.3, 0.4) is 0 Å². The van der Waals surface area contributed by atoms with Crippen LogP contribution >= 0.6 is 0 Å². The zero-order valence-electron chi connectivity index (χ0n) is 21.3. The molecule has 0 spiro atoms. The molecule has 3 atom stereocenters. The van der Waals surface area contributed by atoms with Crippen molar-refractivity contribution < 1.29 is 19.8 Å². The molecule has 8 nitrogen and oxygen atoms in total. The van der Waals surface area contributed by atoms with Crippen molar-refractivity contribution in [3.63, 3.8) is 0 Å². The van der Waals surface area contributed by atoms with E-state index in [0.29, 0.717) is 18.0 Å². The van der Waals surface area contributed by atoms with Crippen LogP contribution in [0.15, 0.2) is 40.9 Å². The molecule has 196 valence electrons. The second-order valence-corrected chi connectivity index (χ2v) is 9.47. The SMILES string of the molecule is CNC[C@@H](CCC[C@H](CCCCC[C@@H](C)C=O)Cc1ccc(O)cc1)C(=CC(=O)O)CN=C(N)N. The Morgan fingerprint density at radius 1 is 1.06 bits per heavy atom. The minimum Gasteiger partial charge on any atom is -0.508 e. The van der Waals surface area contributed by atoms with E-state index >= 15 is 0 Å². The van der Waals surface area contributed by atoms with Gasteiger partial charge in [0.1, 0.15) is 12.0 Å². The molecule has 7 N–H and O–H groups in total. The number of nitrogens with zero attached hydrogens (tertiary/aromatic N) is 1. The average Bonchev–Trinajstić information content (AvgIpc) is 2.81. The van der Waals surface area contributed by atoms with Crippen molar-refractivity contribution in [2.75, 3.05) is 20.1 Å². The molecule has 0 aromatic heterocycles. The van der Waals surface area contributed by atoms with Crippen molar-refractivity contribution in [3.8, 4) is 5.75 Å². The van der Waals surface area contributed by atoms with Crippen molar-refractivity contribution >= 4 is 18.2 Å². The Morgan fingerprint density at radius 2 is 1.71 bits per heavy atom. The van der Waals surface area contributed by atoms with Crippen LogP contribution in [-0.4, -0.2) is 48.6 Å². The number of phenolic OH excluding ortho intramolecular Hbond substituents is 1. The zero-order chi connectivity index (χ0) is 26.1. The number of nitrogens with one attached hydrogen (secondary N) is 1. The van der Waals surface area contributed by atoms with Crippen molar-refractivity contribution in [2.45, 2.75) is 64.7 Å². The lowest BCUT2D eigenvalue weighted by molar-refractivity contribution is -0.131. The van der Waals surface area contributed by atoms with Gasteiger partial charge in [0.2, 0.25) is 0 Å². The number of hydrogen-bond donors (Lipinski definition) is 5. The molecule has 0 aliphatic heterocycles. The van der Waals surface area contributed by atoms with Crippen LogP contribution in [0.5, 0.6) is 5.75 Å². The average molecular weight is 489 g/mol. The number of aldehydes is 1. The molecule has 0 saturated carbocycles. The lowest BCUT2D eigenvalue weighted by Crippen LogP contribution is -2.26. The van der Waals surface area contributed by atoms with Crippen molar-refractivity contribution in [1.82, 2.24) is 5.32 Å². The number of unbranched alkanes of at least 4 members (excludes halogenated alkanes) is 2. The van der Waals surface area contributed by atoms with Gasteiger partial charge < -0.3 is 31.8 Å². The summed E-state index contributed by atoms with van der Waals surface area (Å²) in [4.78, 5) is 26.2. The van der Waals surface area contributed by atoms with Crippen molar-refractivity contribution in [2.24, 2.45) is 34.2 Å². The zero-order valence-corrected chi connectivity index (χ0v) is 21.3. The van der Waals surface area contributed by atoms with Gasteiger partial charge in [0.15, 0.2) is 5.96 Å². The van der Waals surface area contributed by atoms with Crippen molar-refractivity contribution in [1.29, 1.82) is 0 Å². The summed E-state index contributed by atoms with van der Waals surface area (Å²) in [6.45, 7) is 2.79. The normalized spacial score (nSPS) is 14.2. The Morgan fingerprint density at radius 3 is 2.31 bits per heavy atom. The fourth-order valence-electron chi connectivity index (χ4n) is 4.41. The second kappa shape index (κ2) is 17.5. The van der Waals surface area contributed by atoms with Gasteiger partial charge in [0.25, 0.3) is 0 Å². The topological polar surface area (TPSA) is 151 Å². The summed E-state index contributed by atoms with van der Waals surface area (Å²) >= 11 is 0. The predicted octanol–water partition coefficient (Wildman–Crippen LogP) is 3.63. The molecule has 0 amide bonds. The molecule has 0 unspecified atom stereocenters. The molecule has 0 heterocycles. The molecule has 0 bridgehead atoms. The van der Waals surface area contributed by atoms with Gasteiger partial charge in [-0.3, -0.25) is 0 Å². The molecule has 0 saturated heterocycles. The van der Waals surface area contributed by atoms with Crippen LogP contribution in [-0.2, 0) is 16.0 Å². The number of nitrogens with two attached hydrogens (primary N) is 2. The molecule has 1 aromatic carbocycles. The molecule has 1 aromatic rings. The van der Waals surface area contributed by atoms with Crippen LogP contribution in [0.2, 0.25) is 0 Å². The maximum Gasteiger partial charge on any atom is 0.328 e. The number of aliphatic carboxylic acids is 1. The number of aliphatic imine (C=N–C) groups is 1. The molecule has 35 heavy (non-hydrogen) atoms. The quantitative estimate of drug-likeness (QED) is 0.0655. The highest BCUT2D eigenvalue weighted by atomic mass is 16.4. The highest BCUT2D eigenvalue weighted by Gasteiger charge is 2.17. The van der Waals surface area contributed by atoms with Crippen LogP contribution in [0, 0.1) is 17.8 Å². The van der Waals surface area contributed by atoms with Crippen molar-refractivity contribution in [3.05, 3.63) is 41.5 Å². The van der Waals surface area contributed by atoms with Gasteiger partial charge in [-0.15, -0.1) is 0 Å². The third-order valence-electron chi connectivity index (χ3n) is 6.36. The minimum absolute atomic E-state index is 0.0263. The standard InChI is InChI=1S/C27H44N4O4/c1-20(19-32)7-4-3-5-8-21(15-22-11-13-25(33)14-12-22)9-6-10-23(17-30-2)24(16-26(34)35)18-31-27(28)29/h11-14,16,19-21,23,30,33H,3-10,15,17-18H2,1-2H3,(H,34,35)(H4,28,29,31)/t20-,21+,23-/m1/s1. The van der Waals surface area contributed by atoms with E-state index in [-0.39, 0.29) is 30.1 Å². The summed E-state index contributed by atoms with van der Waals surface area (Å²) in [5.74, 6) is -0.148. The van der Waals surface area contributed by atoms with Gasteiger partial charge in [-0.2, -0.15) is 0 Å². The monoisotopic (exact) mass is 488 g/mol. The third kappa shape index (κ3) is 14.2. The van der Waals surface area contributed by atoms with E-state index in [0.717, 1.165) is 64.1 Å². The van der Waals surface area contributed by atoms with Gasteiger partial charge in [0.05, 0.1) is 6.54 Å². The molecule has 1 rings (SSSR count). The Kier molecular flexibility index (Phi) is 15.1. The second-order valence-electron chi connectivity index (χ2n) is 9.47. The summed E-state index contributed by atoms with van der Waals surface area (Å²) in [6, 6.07) is 7.40. The molecule has 0 aliphatic carbocycles. The van der Waals surface area contributed by atoms with E-state index in [9.17, 15) is 19.8 Å². The predicted molar refractivity (Wildman–Crippen MR) is 141 cm³/mol. The first kappa shape index (κ1) is 30.2. The van der Waals surface area contributed by atoms with E-state index in [1.807, 2.05) is 26.1 Å². The van der Waals surface area contributed by atoms with E-state index in [2.05, 4.69) is 10.3 Å². The van der Waals surface area contributed by atoms with E-state index < -0.39 is 5.97 Å². The highest BCUT2D eigenvalue weighted by molar-refractivity contribution is 5.81. The first-order valence-electron chi connectivity index (χ1n) is 12.6. The lowest BCUT2D eigenvalue weighted by Gasteiger charge is -2.22. The van der Waals surface area contributed by atoms with Gasteiger partial charge in [-0.05, 0) is 61.4 Å². The van der Waals surface area contributed by atoms with Gasteiger partial charge >= 0.3 is 5.97 Å². The van der Waals surface area contributed by atoms with Crippen LogP contribution in [0.1, 0.15) is 63.9 Å². The summed E-state index contributed by atoms with van der Waals surface area (Å²) < 4.78 is 0. The Hall–Kier alpha value is -2.87. The summed E-state index contributed by atoms with van der Waals surface area (Å²) in [6.07, 6.45) is 11.3. The number of aromatic hydroxyl groups is 1. The Bertz CT molecular complexity index is 804. The lowest BCUT2D eigenvalue weighted by atomic mass is 9.86. The summed E-state index contributed by atoms with van der Waals surface area (Å²) in [5.41, 5.74) is 12.8. The summed E-state index contributed by atoms with van der Waals surface area (Å²) in [5, 5.41) is 22.1. The maximum atomic E-state index is 11.4. The number of phenols is 1. The molecular weight excluding hydrogens is 444 g/mol. The number of hydrogen-bond acceptors (Lipinski definition) is 5. The number of carbonyl (C=O) groups excluding carboxylic acids is 1. The summed E-state index contributed by atoms with van der Waals surface area (Å²) in [7, 11) is 1.85. The van der Waals surface area contributed by atoms with Crippen LogP contribution in [0.25, 0.3) is 0 Å². The van der Waals surface area contributed by atoms with E-state index in [1.54, 1.807) is 12.1 Å². The largest absolute Gasteiger partial charge is 0.508 e. The Labute approximate surface area is 209 Å². The molecule has 0 radical (unpaired) electrons. The van der Waals surface area contributed by atoms with Gasteiger partial charge in [-0.1, -0.05) is 57.6 Å². The molecule has 0 fully saturated rings. The number of benzene rings is 1. The molecule has 0 aliphatic rings. The van der Waals surface area contributed by atoms with E-state index in [1.165, 1.54) is 11.6 Å². The first-order valence-corrected chi connectivity index (χ1v) is 12.6. The third-order valence-corrected chi connectivity index (χ3v) is 6.36. The fourth-order valence-corrected chi connectivity index (χ4v) is 4.41. The minimum atomic E-state index is -0.999. The fraction of sp³-hybridized carbons (Fsp3) is 0.593. The van der Waals surface area contributed by atoms with Crippen LogP contribution < -0.4 is 16.8 Å². The van der Waals surface area contributed by atoms with Gasteiger partial charge in [0, 0.05) is 18.5 Å². The first-order chi connectivity index (χ1) is 16.7. The maximum absolute atomic E-state index is 11.4. The number of rotatable bonds is 19. The Balaban J connectivity index is 2.77. The van der Waals surface area contributed by atoms with Crippen LogP contribution in [0.4, 0.5) is 0 Å². The number of guanidine groups is 1. The number of carbonyl (C=O) groups is 2. The number of carboxylic acids is 1. The smallest absolute Gasteiger partial charge is 0.328 e. The molecular formula is C27H44N4O4. The highest BCUT2D eigenvalue weighted by Crippen LogP contribution is 2.26. The number of carboxylic acid groups (broad SMARTS) is 1. The van der Waals surface area contributed by atoms with E-state index in [4.69, 9.17) is 11.5 Å². The molecule has 8 heteroatoms. The van der Waals surface area contributed by atoms with Gasteiger partial charge in [-0.25, -0.2) is 9.79 Å².